The van der Waals surface area contributed by atoms with Crippen molar-refractivity contribution in [1.82, 2.24) is 5.32 Å². The molecule has 0 aromatic heterocycles. The average Bonchev–Trinajstić information content (AvgIpc) is 2.86. The predicted octanol–water partition coefficient (Wildman–Crippen LogP) is 4.34. The van der Waals surface area contributed by atoms with Crippen LogP contribution in [0, 0.1) is 0 Å². The molecule has 0 saturated carbocycles. The van der Waals surface area contributed by atoms with Gasteiger partial charge in [-0.15, -0.1) is 12.4 Å². The van der Waals surface area contributed by atoms with Crippen LogP contribution in [-0.4, -0.2) is 50.9 Å². The average molecular weight is 569 g/mol. The van der Waals surface area contributed by atoms with Gasteiger partial charge in [0.25, 0.3) is 0 Å². The summed E-state index contributed by atoms with van der Waals surface area (Å²) in [6.45, 7) is 0.889. The minimum Gasteiger partial charge on any atom is -0.478 e. The van der Waals surface area contributed by atoms with Crippen molar-refractivity contribution in [2.24, 2.45) is 0 Å². The summed E-state index contributed by atoms with van der Waals surface area (Å²) in [5, 5.41) is 25.7. The zero-order valence-electron chi connectivity index (χ0n) is 19.7. The number of aliphatic hydroxyl groups excluding tert-OH is 1. The number of ether oxygens (including phenoxy) is 1. The molecule has 0 aliphatic heterocycles. The second kappa shape index (κ2) is 13.4. The third-order valence-electron chi connectivity index (χ3n) is 5.35. The molecule has 198 valence electrons. The van der Waals surface area contributed by atoms with Crippen molar-refractivity contribution in [3.05, 3.63) is 88.4 Å². The normalized spacial score (nSPS) is 11.8. The van der Waals surface area contributed by atoms with Gasteiger partial charge in [0.15, 0.2) is 0 Å². The lowest BCUT2D eigenvalue weighted by atomic mass is 10.1. The number of carbonyl (C=O) groups excluding carboxylic acids is 1. The minimum atomic E-state index is -4.00. The first kappa shape index (κ1) is 30.1. The van der Waals surface area contributed by atoms with Gasteiger partial charge in [0.1, 0.15) is 0 Å². The van der Waals surface area contributed by atoms with E-state index < -0.39 is 28.0 Å². The van der Waals surface area contributed by atoms with Gasteiger partial charge < -0.3 is 20.3 Å². The summed E-state index contributed by atoms with van der Waals surface area (Å²) in [5.74, 6) is -1.40. The van der Waals surface area contributed by atoms with Crippen LogP contribution in [0.3, 0.4) is 0 Å². The van der Waals surface area contributed by atoms with E-state index in [1.54, 1.807) is 36.4 Å². The highest BCUT2D eigenvalue weighted by atomic mass is 35.5. The van der Waals surface area contributed by atoms with Gasteiger partial charge in [-0.3, -0.25) is 5.32 Å². The van der Waals surface area contributed by atoms with Crippen LogP contribution in [-0.2, 0) is 21.0 Å². The van der Waals surface area contributed by atoms with Crippen LogP contribution < -0.4 is 10.6 Å². The molecule has 3 aromatic rings. The molecule has 0 spiro atoms. The number of sulfone groups is 1. The number of carboxylic acid groups (broad SMARTS) is 1. The molecule has 12 heteroatoms. The van der Waals surface area contributed by atoms with Crippen LogP contribution in [0.25, 0.3) is 0 Å². The Morgan fingerprint density at radius 2 is 1.70 bits per heavy atom. The molecule has 0 heterocycles. The fraction of sp³-hybridized carbons (Fsp3) is 0.200. The summed E-state index contributed by atoms with van der Waals surface area (Å²) < 4.78 is 30.6. The fourth-order valence-electron chi connectivity index (χ4n) is 3.41. The number of aliphatic hydroxyl groups is 1. The van der Waals surface area contributed by atoms with E-state index in [-0.39, 0.29) is 33.4 Å². The van der Waals surface area contributed by atoms with Crippen molar-refractivity contribution in [1.29, 1.82) is 0 Å². The molecule has 1 amide bonds. The largest absolute Gasteiger partial charge is 0.478 e. The van der Waals surface area contributed by atoms with E-state index in [0.29, 0.717) is 30.1 Å². The SMILES string of the molecule is COC(=O)Nc1ccc(S(=O)(=O)c2ccc(CCNC[C@H](O)c3cccc(Cl)c3)cc2)cc1C(=O)O.Cl. The summed E-state index contributed by atoms with van der Waals surface area (Å²) >= 11 is 5.95. The van der Waals surface area contributed by atoms with Gasteiger partial charge in [0.2, 0.25) is 9.84 Å². The van der Waals surface area contributed by atoms with Gasteiger partial charge in [0.05, 0.1) is 34.3 Å². The third kappa shape index (κ3) is 7.91. The molecule has 4 N–H and O–H groups in total. The summed E-state index contributed by atoms with van der Waals surface area (Å²) in [7, 11) is -2.88. The zero-order chi connectivity index (χ0) is 26.3. The molecule has 0 bridgehead atoms. The number of carbonyl (C=O) groups is 2. The maximum atomic E-state index is 13.0. The van der Waals surface area contributed by atoms with E-state index in [0.717, 1.165) is 18.7 Å². The molecule has 3 rings (SSSR count). The second-order valence-electron chi connectivity index (χ2n) is 7.80. The molecule has 9 nitrogen and oxygen atoms in total. The number of hydrogen-bond donors (Lipinski definition) is 4. The Labute approximate surface area is 225 Å². The lowest BCUT2D eigenvalue weighted by molar-refractivity contribution is 0.0697. The number of halogens is 2. The van der Waals surface area contributed by atoms with Gasteiger partial charge in [-0.25, -0.2) is 18.0 Å². The monoisotopic (exact) mass is 568 g/mol. The van der Waals surface area contributed by atoms with Gasteiger partial charge >= 0.3 is 12.1 Å². The summed E-state index contributed by atoms with van der Waals surface area (Å²) in [6, 6.07) is 16.7. The fourth-order valence-corrected chi connectivity index (χ4v) is 4.90. The topological polar surface area (TPSA) is 142 Å². The summed E-state index contributed by atoms with van der Waals surface area (Å²) in [4.78, 5) is 22.8. The number of methoxy groups -OCH3 is 1. The first-order chi connectivity index (χ1) is 17.1. The highest BCUT2D eigenvalue weighted by molar-refractivity contribution is 7.91. The molecular weight excluding hydrogens is 543 g/mol. The zero-order valence-corrected chi connectivity index (χ0v) is 22.1. The Hall–Kier alpha value is -3.15. The Balaban J connectivity index is 0.00000481. The lowest BCUT2D eigenvalue weighted by Gasteiger charge is -2.13. The smallest absolute Gasteiger partial charge is 0.411 e. The standard InChI is InChI=1S/C25H25ClN2O7S.ClH/c1-35-25(32)28-22-10-9-20(14-21(22)24(30)31)36(33,34)19-7-5-16(6-8-19)11-12-27-15-23(29)17-3-2-4-18(26)13-17;/h2-10,13-14,23,27,29H,11-12,15H2,1H3,(H,28,32)(H,30,31);1H/t23-;/m0./s1. The number of anilines is 1. The van der Waals surface area contributed by atoms with E-state index in [1.807, 2.05) is 0 Å². The van der Waals surface area contributed by atoms with Gasteiger partial charge in [-0.05, 0) is 66.6 Å². The van der Waals surface area contributed by atoms with E-state index in [9.17, 15) is 28.2 Å². The van der Waals surface area contributed by atoms with Crippen LogP contribution in [0.4, 0.5) is 10.5 Å². The maximum Gasteiger partial charge on any atom is 0.411 e. The minimum absolute atomic E-state index is 0. The summed E-state index contributed by atoms with van der Waals surface area (Å²) in [5.41, 5.74) is 1.12. The molecule has 37 heavy (non-hydrogen) atoms. The quantitative estimate of drug-likeness (QED) is 0.264. The molecule has 0 fully saturated rings. The molecule has 0 radical (unpaired) electrons. The highest BCUT2D eigenvalue weighted by Crippen LogP contribution is 2.26. The Morgan fingerprint density at radius 1 is 1.03 bits per heavy atom. The van der Waals surface area contributed by atoms with Crippen LogP contribution in [0.5, 0.6) is 0 Å². The van der Waals surface area contributed by atoms with E-state index in [1.165, 1.54) is 24.3 Å². The third-order valence-corrected chi connectivity index (χ3v) is 7.35. The summed E-state index contributed by atoms with van der Waals surface area (Å²) in [6.07, 6.45) is -0.988. The van der Waals surface area contributed by atoms with Crippen LogP contribution in [0.2, 0.25) is 5.02 Å². The lowest BCUT2D eigenvalue weighted by Crippen LogP contribution is -2.23. The van der Waals surface area contributed by atoms with Crippen molar-refractivity contribution in [2.45, 2.75) is 22.3 Å². The number of nitrogens with one attached hydrogen (secondary N) is 2. The number of amides is 1. The van der Waals surface area contributed by atoms with E-state index in [4.69, 9.17) is 11.6 Å². The van der Waals surface area contributed by atoms with Gasteiger partial charge in [-0.2, -0.15) is 0 Å². The van der Waals surface area contributed by atoms with Crippen molar-refractivity contribution in [3.8, 4) is 0 Å². The first-order valence-corrected chi connectivity index (χ1v) is 12.7. The molecule has 1 atom stereocenters. The molecule has 0 aliphatic carbocycles. The number of hydrogen-bond acceptors (Lipinski definition) is 7. The molecule has 0 saturated heterocycles. The van der Waals surface area contributed by atoms with Crippen LogP contribution in [0.15, 0.2) is 76.5 Å². The number of benzene rings is 3. The highest BCUT2D eigenvalue weighted by Gasteiger charge is 2.22. The molecule has 3 aromatic carbocycles. The van der Waals surface area contributed by atoms with E-state index in [2.05, 4.69) is 15.4 Å². The van der Waals surface area contributed by atoms with Gasteiger partial charge in [0, 0.05) is 11.6 Å². The Kier molecular flexibility index (Phi) is 10.9. The van der Waals surface area contributed by atoms with Crippen molar-refractivity contribution >= 4 is 51.6 Å². The van der Waals surface area contributed by atoms with Crippen LogP contribution >= 0.6 is 24.0 Å². The molecule has 0 unspecified atom stereocenters. The first-order valence-electron chi connectivity index (χ1n) is 10.8. The number of rotatable bonds is 10. The Bertz CT molecular complexity index is 1350. The van der Waals surface area contributed by atoms with E-state index >= 15 is 0 Å². The maximum absolute atomic E-state index is 13.0. The number of carboxylic acids is 1. The molecule has 0 aliphatic rings. The second-order valence-corrected chi connectivity index (χ2v) is 10.2. The van der Waals surface area contributed by atoms with Crippen molar-refractivity contribution < 1.29 is 33.0 Å². The van der Waals surface area contributed by atoms with Gasteiger partial charge in [-0.1, -0.05) is 35.9 Å². The molecular formula is C25H26Cl2N2O7S. The Morgan fingerprint density at radius 3 is 2.32 bits per heavy atom. The number of aromatic carboxylic acids is 1. The van der Waals surface area contributed by atoms with Crippen molar-refractivity contribution in [2.75, 3.05) is 25.5 Å². The van der Waals surface area contributed by atoms with Crippen molar-refractivity contribution in [3.63, 3.8) is 0 Å². The van der Waals surface area contributed by atoms with Crippen LogP contribution in [0.1, 0.15) is 27.6 Å². The predicted molar refractivity (Wildman–Crippen MR) is 142 cm³/mol.